The SMILES string of the molecule is COC=Cc1cc(C)c2nc(-c3cc(OCC(F)F)nn3-c3ncccc3Cl)oc(=O)c2c1. The van der Waals surface area contributed by atoms with Crippen molar-refractivity contribution in [1.29, 1.82) is 0 Å². The van der Waals surface area contributed by atoms with Gasteiger partial charge in [-0.3, -0.25) is 0 Å². The maximum Gasteiger partial charge on any atom is 0.347 e. The molecule has 3 heterocycles. The normalized spacial score (nSPS) is 11.6. The molecule has 0 N–H and O–H groups in total. The third kappa shape index (κ3) is 4.70. The van der Waals surface area contributed by atoms with Crippen LogP contribution < -0.4 is 10.4 Å². The predicted molar refractivity (Wildman–Crippen MR) is 118 cm³/mol. The largest absolute Gasteiger partial charge is 0.504 e. The highest BCUT2D eigenvalue weighted by Crippen LogP contribution is 2.29. The lowest BCUT2D eigenvalue weighted by Gasteiger charge is -2.08. The molecule has 0 radical (unpaired) electrons. The summed E-state index contributed by atoms with van der Waals surface area (Å²) in [6.45, 7) is 0.936. The van der Waals surface area contributed by atoms with E-state index in [4.69, 9.17) is 25.5 Å². The molecule has 0 fully saturated rings. The Morgan fingerprint density at radius 1 is 1.30 bits per heavy atom. The highest BCUT2D eigenvalue weighted by molar-refractivity contribution is 6.32. The lowest BCUT2D eigenvalue weighted by atomic mass is 10.1. The second-order valence-electron chi connectivity index (χ2n) is 6.87. The molecule has 1 aromatic carbocycles. The van der Waals surface area contributed by atoms with Gasteiger partial charge in [0.05, 0.1) is 29.3 Å². The number of fused-ring (bicyclic) bond motifs is 1. The molecular weight excluding hydrogens is 458 g/mol. The van der Waals surface area contributed by atoms with Crippen molar-refractivity contribution in [1.82, 2.24) is 19.7 Å². The molecule has 4 aromatic rings. The Labute approximate surface area is 191 Å². The summed E-state index contributed by atoms with van der Waals surface area (Å²) in [5, 5.41) is 4.66. The summed E-state index contributed by atoms with van der Waals surface area (Å²) in [4.78, 5) is 21.5. The molecule has 0 aliphatic heterocycles. The molecule has 33 heavy (non-hydrogen) atoms. The fourth-order valence-electron chi connectivity index (χ4n) is 3.16. The number of hydrogen-bond donors (Lipinski definition) is 0. The lowest BCUT2D eigenvalue weighted by molar-refractivity contribution is 0.0794. The summed E-state index contributed by atoms with van der Waals surface area (Å²) < 4.78 is 42.0. The summed E-state index contributed by atoms with van der Waals surface area (Å²) >= 11 is 6.25. The zero-order valence-electron chi connectivity index (χ0n) is 17.5. The minimum absolute atomic E-state index is 0.100. The fraction of sp³-hybridized carbons (Fsp3) is 0.182. The Morgan fingerprint density at radius 2 is 2.12 bits per heavy atom. The van der Waals surface area contributed by atoms with E-state index >= 15 is 0 Å². The van der Waals surface area contributed by atoms with E-state index in [0.717, 1.165) is 5.56 Å². The van der Waals surface area contributed by atoms with Crippen molar-refractivity contribution >= 4 is 28.6 Å². The van der Waals surface area contributed by atoms with Crippen molar-refractivity contribution < 1.29 is 22.7 Å². The predicted octanol–water partition coefficient (Wildman–Crippen LogP) is 4.66. The molecule has 0 saturated heterocycles. The van der Waals surface area contributed by atoms with Crippen LogP contribution in [-0.2, 0) is 4.74 Å². The summed E-state index contributed by atoms with van der Waals surface area (Å²) in [5.74, 6) is -0.0485. The minimum Gasteiger partial charge on any atom is -0.504 e. The van der Waals surface area contributed by atoms with Crippen LogP contribution in [0.2, 0.25) is 5.02 Å². The van der Waals surface area contributed by atoms with E-state index in [-0.39, 0.29) is 33.7 Å². The van der Waals surface area contributed by atoms with Crippen molar-refractivity contribution in [3.8, 4) is 23.3 Å². The maximum absolute atomic E-state index is 12.8. The molecular formula is C22H17ClF2N4O4. The Morgan fingerprint density at radius 3 is 2.85 bits per heavy atom. The molecule has 0 spiro atoms. The van der Waals surface area contributed by atoms with Gasteiger partial charge in [-0.2, -0.15) is 0 Å². The van der Waals surface area contributed by atoms with Crippen LogP contribution in [0.4, 0.5) is 8.78 Å². The number of pyridine rings is 1. The second-order valence-corrected chi connectivity index (χ2v) is 7.28. The van der Waals surface area contributed by atoms with E-state index in [9.17, 15) is 13.6 Å². The summed E-state index contributed by atoms with van der Waals surface area (Å²) in [6.07, 6.45) is 1.97. The number of nitrogens with zero attached hydrogens (tertiary/aromatic N) is 4. The summed E-state index contributed by atoms with van der Waals surface area (Å²) in [7, 11) is 1.52. The number of halogens is 3. The topological polar surface area (TPSA) is 92.3 Å². The number of aromatic nitrogens is 4. The molecule has 0 aliphatic rings. The Bertz CT molecular complexity index is 1400. The standard InChI is InChI=1S/C22H17ClF2N4O4/c1-12-8-13(5-7-31-2)9-14-19(12)27-21(33-22(14)30)16-10-18(32-11-17(24)25)28-29(16)20-15(23)4-3-6-26-20/h3-10,17H,11H2,1-2H3. The van der Waals surface area contributed by atoms with Crippen molar-refractivity contribution in [2.75, 3.05) is 13.7 Å². The number of benzene rings is 1. The quantitative estimate of drug-likeness (QED) is 0.360. The zero-order valence-corrected chi connectivity index (χ0v) is 18.2. The number of rotatable bonds is 7. The van der Waals surface area contributed by atoms with Crippen LogP contribution in [0.5, 0.6) is 5.88 Å². The number of methoxy groups -OCH3 is 1. The van der Waals surface area contributed by atoms with Gasteiger partial charge in [-0.05, 0) is 48.4 Å². The monoisotopic (exact) mass is 474 g/mol. The highest BCUT2D eigenvalue weighted by Gasteiger charge is 2.21. The van der Waals surface area contributed by atoms with Gasteiger partial charge in [-0.1, -0.05) is 11.6 Å². The van der Waals surface area contributed by atoms with Crippen molar-refractivity contribution in [2.45, 2.75) is 13.3 Å². The van der Waals surface area contributed by atoms with Crippen LogP contribution in [0.1, 0.15) is 11.1 Å². The molecule has 0 saturated carbocycles. The van der Waals surface area contributed by atoms with Crippen LogP contribution in [0.25, 0.3) is 34.4 Å². The third-order valence-electron chi connectivity index (χ3n) is 4.54. The summed E-state index contributed by atoms with van der Waals surface area (Å²) in [5.41, 5.74) is 1.37. The summed E-state index contributed by atoms with van der Waals surface area (Å²) in [6, 6.07) is 7.99. The van der Waals surface area contributed by atoms with Crippen molar-refractivity contribution in [2.24, 2.45) is 0 Å². The van der Waals surface area contributed by atoms with Crippen LogP contribution in [0, 0.1) is 6.92 Å². The molecule has 4 rings (SSSR count). The van der Waals surface area contributed by atoms with E-state index in [1.807, 2.05) is 6.07 Å². The number of hydrogen-bond acceptors (Lipinski definition) is 7. The van der Waals surface area contributed by atoms with Gasteiger partial charge in [0.15, 0.2) is 12.4 Å². The number of ether oxygens (including phenoxy) is 2. The molecule has 170 valence electrons. The maximum atomic E-state index is 12.8. The van der Waals surface area contributed by atoms with Crippen LogP contribution >= 0.6 is 11.6 Å². The smallest absolute Gasteiger partial charge is 0.347 e. The first-order valence-electron chi connectivity index (χ1n) is 9.64. The van der Waals surface area contributed by atoms with Crippen LogP contribution in [0.15, 0.2) is 52.0 Å². The average Bonchev–Trinajstić information content (AvgIpc) is 3.21. The van der Waals surface area contributed by atoms with Gasteiger partial charge in [0.1, 0.15) is 5.69 Å². The molecule has 8 nitrogen and oxygen atoms in total. The number of alkyl halides is 2. The molecule has 0 bridgehead atoms. The van der Waals surface area contributed by atoms with Gasteiger partial charge in [0.2, 0.25) is 11.8 Å². The Balaban J connectivity index is 1.89. The lowest BCUT2D eigenvalue weighted by Crippen LogP contribution is -2.09. The van der Waals surface area contributed by atoms with E-state index in [1.165, 1.54) is 30.3 Å². The fourth-order valence-corrected chi connectivity index (χ4v) is 3.36. The molecule has 0 atom stereocenters. The Hall–Kier alpha value is -3.79. The van der Waals surface area contributed by atoms with E-state index in [0.29, 0.717) is 11.1 Å². The third-order valence-corrected chi connectivity index (χ3v) is 4.84. The molecule has 0 amide bonds. The van der Waals surface area contributed by atoms with Gasteiger partial charge in [-0.15, -0.1) is 5.10 Å². The molecule has 0 aliphatic carbocycles. The first kappa shape index (κ1) is 22.4. The molecule has 3 aromatic heterocycles. The highest BCUT2D eigenvalue weighted by atomic mass is 35.5. The molecule has 11 heteroatoms. The van der Waals surface area contributed by atoms with E-state index < -0.39 is 18.7 Å². The van der Waals surface area contributed by atoms with Gasteiger partial charge < -0.3 is 13.9 Å². The van der Waals surface area contributed by atoms with Gasteiger partial charge in [-0.25, -0.2) is 28.2 Å². The zero-order chi connectivity index (χ0) is 23.5. The molecule has 0 unspecified atom stereocenters. The van der Waals surface area contributed by atoms with Gasteiger partial charge in [0.25, 0.3) is 6.43 Å². The van der Waals surface area contributed by atoms with Gasteiger partial charge >= 0.3 is 5.63 Å². The van der Waals surface area contributed by atoms with Crippen molar-refractivity contribution in [3.05, 3.63) is 69.4 Å². The van der Waals surface area contributed by atoms with Crippen molar-refractivity contribution in [3.63, 3.8) is 0 Å². The van der Waals surface area contributed by atoms with Crippen LogP contribution in [0.3, 0.4) is 0 Å². The second kappa shape index (κ2) is 9.37. The van der Waals surface area contributed by atoms with Gasteiger partial charge in [0, 0.05) is 12.3 Å². The average molecular weight is 475 g/mol. The first-order valence-corrected chi connectivity index (χ1v) is 10.0. The van der Waals surface area contributed by atoms with E-state index in [2.05, 4.69) is 15.1 Å². The first-order chi connectivity index (χ1) is 15.9. The van der Waals surface area contributed by atoms with E-state index in [1.54, 1.807) is 31.2 Å². The number of aryl methyl sites for hydroxylation is 1. The Kier molecular flexibility index (Phi) is 6.36. The minimum atomic E-state index is -2.70. The van der Waals surface area contributed by atoms with Crippen LogP contribution in [-0.4, -0.2) is 39.9 Å².